The fourth-order valence-electron chi connectivity index (χ4n) is 3.14. The van der Waals surface area contributed by atoms with E-state index >= 15 is 0 Å². The Morgan fingerprint density at radius 3 is 1.93 bits per heavy atom. The molecule has 0 aromatic heterocycles. The van der Waals surface area contributed by atoms with Crippen molar-refractivity contribution < 1.29 is 20.1 Å². The monoisotopic (exact) mass is 372 g/mol. The second-order valence-corrected chi connectivity index (χ2v) is 6.29. The maximum absolute atomic E-state index is 12.2. The fourth-order valence-corrected chi connectivity index (χ4v) is 3.14. The van der Waals surface area contributed by atoms with Crippen molar-refractivity contribution in [2.75, 3.05) is 0 Å². The summed E-state index contributed by atoms with van der Waals surface area (Å²) in [5.41, 5.74) is 3.21. The predicted molar refractivity (Wildman–Crippen MR) is 108 cm³/mol. The van der Waals surface area contributed by atoms with E-state index in [4.69, 9.17) is 0 Å². The van der Waals surface area contributed by atoms with Crippen LogP contribution in [0.3, 0.4) is 0 Å². The smallest absolute Gasteiger partial charge is 0.271 e. The molecule has 4 rings (SSSR count). The van der Waals surface area contributed by atoms with Crippen molar-refractivity contribution in [2.45, 2.75) is 0 Å². The Bertz CT molecular complexity index is 1170. The number of phenolic OH excluding ortho intramolecular Hbond substituents is 3. The lowest BCUT2D eigenvalue weighted by Gasteiger charge is -2.08. The van der Waals surface area contributed by atoms with Crippen LogP contribution in [0, 0.1) is 0 Å². The van der Waals surface area contributed by atoms with Crippen molar-refractivity contribution in [3.63, 3.8) is 0 Å². The van der Waals surface area contributed by atoms with Crippen LogP contribution >= 0.6 is 0 Å². The molecule has 0 radical (unpaired) electrons. The molecule has 0 aliphatic carbocycles. The minimum atomic E-state index is -0.678. The predicted octanol–water partition coefficient (Wildman–Crippen LogP) is 3.87. The second-order valence-electron chi connectivity index (χ2n) is 6.29. The Balaban J connectivity index is 1.69. The van der Waals surface area contributed by atoms with Gasteiger partial charge in [0, 0.05) is 11.1 Å². The number of phenols is 3. The molecule has 0 spiro atoms. The first-order valence-electron chi connectivity index (χ1n) is 8.53. The second kappa shape index (κ2) is 6.92. The van der Waals surface area contributed by atoms with Crippen LogP contribution in [0.2, 0.25) is 0 Å². The van der Waals surface area contributed by atoms with Crippen molar-refractivity contribution in [1.82, 2.24) is 5.43 Å². The summed E-state index contributed by atoms with van der Waals surface area (Å²) < 4.78 is 0. The van der Waals surface area contributed by atoms with Crippen molar-refractivity contribution in [1.29, 1.82) is 0 Å². The molecule has 0 aliphatic heterocycles. The zero-order valence-corrected chi connectivity index (χ0v) is 14.6. The summed E-state index contributed by atoms with van der Waals surface area (Å²) in [5.74, 6) is -2.49. The number of aromatic hydroxyl groups is 3. The topological polar surface area (TPSA) is 102 Å². The van der Waals surface area contributed by atoms with Crippen LogP contribution in [0.15, 0.2) is 71.8 Å². The van der Waals surface area contributed by atoms with Gasteiger partial charge in [0.2, 0.25) is 0 Å². The highest BCUT2D eigenvalue weighted by atomic mass is 16.3. The van der Waals surface area contributed by atoms with E-state index in [2.05, 4.69) is 16.6 Å². The number of rotatable bonds is 3. The van der Waals surface area contributed by atoms with E-state index in [1.807, 2.05) is 48.5 Å². The van der Waals surface area contributed by atoms with E-state index in [1.165, 1.54) is 0 Å². The summed E-state index contributed by atoms with van der Waals surface area (Å²) in [6.45, 7) is 0. The van der Waals surface area contributed by atoms with Gasteiger partial charge in [-0.1, -0.05) is 48.5 Å². The van der Waals surface area contributed by atoms with Gasteiger partial charge in [-0.05, 0) is 39.7 Å². The van der Waals surface area contributed by atoms with Gasteiger partial charge in [0.05, 0.1) is 6.21 Å². The molecular formula is C22H16N2O4. The Hall–Kier alpha value is -4.06. The number of nitrogens with one attached hydrogen (secondary N) is 1. The zero-order chi connectivity index (χ0) is 19.7. The van der Waals surface area contributed by atoms with Crippen LogP contribution in [0.25, 0.3) is 21.5 Å². The molecule has 4 aromatic carbocycles. The molecular weight excluding hydrogens is 356 g/mol. The first-order valence-corrected chi connectivity index (χ1v) is 8.53. The van der Waals surface area contributed by atoms with Gasteiger partial charge in [0.25, 0.3) is 5.91 Å². The summed E-state index contributed by atoms with van der Waals surface area (Å²) in [4.78, 5) is 12.2. The Morgan fingerprint density at radius 2 is 1.36 bits per heavy atom. The number of nitrogens with zero attached hydrogens (tertiary/aromatic N) is 1. The van der Waals surface area contributed by atoms with E-state index in [9.17, 15) is 20.1 Å². The van der Waals surface area contributed by atoms with Gasteiger partial charge in [0.15, 0.2) is 17.2 Å². The standard InChI is InChI=1S/C22H16N2O4/c25-19-10-15(11-20(26)21(19)27)22(28)24-23-12-18-16-7-3-1-5-13(16)9-14-6-2-4-8-17(14)18/h1-12,25-27H,(H,24,28)/b23-12+. The Morgan fingerprint density at radius 1 is 0.821 bits per heavy atom. The number of carbonyl (C=O) groups excluding carboxylic acids is 1. The molecule has 6 heteroatoms. The van der Waals surface area contributed by atoms with Crippen molar-refractivity contribution >= 4 is 33.7 Å². The van der Waals surface area contributed by atoms with E-state index < -0.39 is 23.2 Å². The van der Waals surface area contributed by atoms with Crippen LogP contribution in [0.4, 0.5) is 0 Å². The van der Waals surface area contributed by atoms with Crippen LogP contribution in [0.5, 0.6) is 17.2 Å². The first-order chi connectivity index (χ1) is 13.5. The number of fused-ring (bicyclic) bond motifs is 2. The third kappa shape index (κ3) is 3.07. The zero-order valence-electron chi connectivity index (χ0n) is 14.6. The van der Waals surface area contributed by atoms with Crippen molar-refractivity contribution in [3.05, 3.63) is 77.9 Å². The summed E-state index contributed by atoms with van der Waals surface area (Å²) in [6.07, 6.45) is 1.57. The third-order valence-electron chi connectivity index (χ3n) is 4.50. The average Bonchev–Trinajstić information content (AvgIpc) is 2.71. The van der Waals surface area contributed by atoms with Gasteiger partial charge in [-0.25, -0.2) is 5.43 Å². The lowest BCUT2D eigenvalue weighted by Crippen LogP contribution is -2.17. The van der Waals surface area contributed by atoms with E-state index in [-0.39, 0.29) is 5.56 Å². The molecule has 6 nitrogen and oxygen atoms in total. The lowest BCUT2D eigenvalue weighted by molar-refractivity contribution is 0.0954. The molecule has 0 unspecified atom stereocenters. The van der Waals surface area contributed by atoms with Gasteiger partial charge in [-0.2, -0.15) is 5.10 Å². The highest BCUT2D eigenvalue weighted by Crippen LogP contribution is 2.35. The van der Waals surface area contributed by atoms with E-state index in [0.717, 1.165) is 39.2 Å². The van der Waals surface area contributed by atoms with Crippen molar-refractivity contribution in [2.24, 2.45) is 5.10 Å². The minimum Gasteiger partial charge on any atom is -0.504 e. The van der Waals surface area contributed by atoms with Gasteiger partial charge in [0.1, 0.15) is 0 Å². The molecule has 0 fully saturated rings. The molecule has 138 valence electrons. The Labute approximate surface area is 160 Å². The van der Waals surface area contributed by atoms with Crippen LogP contribution in [-0.2, 0) is 0 Å². The van der Waals surface area contributed by atoms with E-state index in [1.54, 1.807) is 6.21 Å². The average molecular weight is 372 g/mol. The number of carbonyl (C=O) groups is 1. The Kier molecular flexibility index (Phi) is 4.29. The molecule has 1 amide bonds. The minimum absolute atomic E-state index is 0.0345. The summed E-state index contributed by atoms with van der Waals surface area (Å²) in [5, 5.41) is 36.6. The van der Waals surface area contributed by atoms with Gasteiger partial charge in [-0.3, -0.25) is 4.79 Å². The quantitative estimate of drug-likeness (QED) is 0.190. The SMILES string of the molecule is O=C(N/N=C/c1c2ccccc2cc2ccccc12)c1cc(O)c(O)c(O)c1. The fraction of sp³-hybridized carbons (Fsp3) is 0. The summed E-state index contributed by atoms with van der Waals surface area (Å²) in [7, 11) is 0. The maximum Gasteiger partial charge on any atom is 0.271 e. The van der Waals surface area contributed by atoms with Crippen molar-refractivity contribution in [3.8, 4) is 17.2 Å². The number of amides is 1. The molecule has 0 atom stereocenters. The first kappa shape index (κ1) is 17.4. The molecule has 0 saturated carbocycles. The molecule has 4 N–H and O–H groups in total. The van der Waals surface area contributed by atoms with Gasteiger partial charge in [-0.15, -0.1) is 0 Å². The molecule has 4 aromatic rings. The molecule has 28 heavy (non-hydrogen) atoms. The van der Waals surface area contributed by atoms with E-state index in [0.29, 0.717) is 0 Å². The number of benzene rings is 4. The number of hydrazone groups is 1. The van der Waals surface area contributed by atoms with Crippen LogP contribution < -0.4 is 5.43 Å². The maximum atomic E-state index is 12.2. The van der Waals surface area contributed by atoms with Crippen LogP contribution in [-0.4, -0.2) is 27.4 Å². The summed E-state index contributed by atoms with van der Waals surface area (Å²) >= 11 is 0. The van der Waals surface area contributed by atoms with Gasteiger partial charge >= 0.3 is 0 Å². The number of hydrogen-bond donors (Lipinski definition) is 4. The highest BCUT2D eigenvalue weighted by molar-refractivity contribution is 6.13. The van der Waals surface area contributed by atoms with Crippen LogP contribution in [0.1, 0.15) is 15.9 Å². The summed E-state index contributed by atoms with van der Waals surface area (Å²) in [6, 6.07) is 20.0. The highest BCUT2D eigenvalue weighted by Gasteiger charge is 2.13. The normalized spacial score (nSPS) is 11.3. The molecule has 0 bridgehead atoms. The lowest BCUT2D eigenvalue weighted by atomic mass is 9.97. The molecule has 0 heterocycles. The molecule has 0 saturated heterocycles. The van der Waals surface area contributed by atoms with Gasteiger partial charge < -0.3 is 15.3 Å². The number of hydrogen-bond acceptors (Lipinski definition) is 5. The third-order valence-corrected chi connectivity index (χ3v) is 4.50. The molecule has 0 aliphatic rings. The largest absolute Gasteiger partial charge is 0.504 e.